The molecule has 0 aliphatic rings. The molecule has 13 heavy (non-hydrogen) atoms. The van der Waals surface area contributed by atoms with Crippen LogP contribution in [0, 0.1) is 0 Å². The van der Waals surface area contributed by atoms with Crippen LogP contribution in [0.25, 0.3) is 0 Å². The predicted octanol–water partition coefficient (Wildman–Crippen LogP) is 1.33. The molecule has 0 radical (unpaired) electrons. The molecule has 1 aromatic heterocycles. The molecular formula is C6H5Cl2NO3S. The third-order valence-corrected chi connectivity index (χ3v) is 2.98. The van der Waals surface area contributed by atoms with E-state index in [4.69, 9.17) is 22.3 Å². The summed E-state index contributed by atoms with van der Waals surface area (Å²) in [5.74, 6) is 0. The summed E-state index contributed by atoms with van der Waals surface area (Å²) in [5.41, 5.74) is 0.0842. The Bertz CT molecular complexity index is 448. The second-order valence-corrected chi connectivity index (χ2v) is 5.29. The zero-order valence-electron chi connectivity index (χ0n) is 6.49. The standard InChI is InChI=1S/C6H5Cl2NO3S/c1-9-3-4(13(8,11)12)2-5(9)6(7)10/h2-3H,1H3. The molecule has 0 saturated carbocycles. The molecular weight excluding hydrogens is 237 g/mol. The summed E-state index contributed by atoms with van der Waals surface area (Å²) < 4.78 is 22.9. The summed E-state index contributed by atoms with van der Waals surface area (Å²) in [7, 11) is 2.76. The minimum atomic E-state index is -3.80. The zero-order valence-corrected chi connectivity index (χ0v) is 8.82. The molecule has 0 spiro atoms. The Morgan fingerprint density at radius 2 is 2.08 bits per heavy atom. The van der Waals surface area contributed by atoms with Crippen LogP contribution in [0.2, 0.25) is 0 Å². The maximum atomic E-state index is 10.8. The lowest BCUT2D eigenvalue weighted by molar-refractivity contribution is 0.107. The molecule has 1 heterocycles. The lowest BCUT2D eigenvalue weighted by Crippen LogP contribution is -1.97. The van der Waals surface area contributed by atoms with Crippen molar-refractivity contribution in [2.75, 3.05) is 0 Å². The van der Waals surface area contributed by atoms with E-state index < -0.39 is 14.3 Å². The molecule has 0 aliphatic heterocycles. The van der Waals surface area contributed by atoms with Crippen molar-refractivity contribution in [1.82, 2.24) is 4.57 Å². The lowest BCUT2D eigenvalue weighted by Gasteiger charge is -1.92. The van der Waals surface area contributed by atoms with Crippen molar-refractivity contribution < 1.29 is 13.2 Å². The minimum Gasteiger partial charge on any atom is -0.346 e. The number of carbonyl (C=O) groups is 1. The van der Waals surface area contributed by atoms with Gasteiger partial charge in [0.1, 0.15) is 10.6 Å². The summed E-state index contributed by atoms with van der Waals surface area (Å²) in [5, 5.41) is -0.728. The molecule has 1 rings (SSSR count). The fraction of sp³-hybridized carbons (Fsp3) is 0.167. The van der Waals surface area contributed by atoms with E-state index >= 15 is 0 Å². The Morgan fingerprint density at radius 1 is 1.54 bits per heavy atom. The number of halogens is 2. The molecule has 0 amide bonds. The third kappa shape index (κ3) is 2.24. The monoisotopic (exact) mass is 241 g/mol. The summed E-state index contributed by atoms with van der Waals surface area (Å²) in [6.45, 7) is 0. The molecule has 0 unspecified atom stereocenters. The van der Waals surface area contributed by atoms with Crippen LogP contribution >= 0.6 is 22.3 Å². The Morgan fingerprint density at radius 3 is 2.31 bits per heavy atom. The predicted molar refractivity (Wildman–Crippen MR) is 48.6 cm³/mol. The maximum Gasteiger partial charge on any atom is 0.268 e. The van der Waals surface area contributed by atoms with E-state index in [1.807, 2.05) is 0 Å². The highest BCUT2D eigenvalue weighted by Gasteiger charge is 2.16. The average molecular weight is 242 g/mol. The SMILES string of the molecule is Cn1cc(S(=O)(=O)Cl)cc1C(=O)Cl. The first-order chi connectivity index (χ1) is 5.82. The van der Waals surface area contributed by atoms with Gasteiger partial charge < -0.3 is 4.57 Å². The van der Waals surface area contributed by atoms with Gasteiger partial charge in [0.2, 0.25) is 0 Å². The topological polar surface area (TPSA) is 56.1 Å². The highest BCUT2D eigenvalue weighted by Crippen LogP contribution is 2.18. The zero-order chi connectivity index (χ0) is 10.2. The van der Waals surface area contributed by atoms with Gasteiger partial charge in [-0.15, -0.1) is 0 Å². The number of carbonyl (C=O) groups excluding carboxylic acids is 1. The van der Waals surface area contributed by atoms with Gasteiger partial charge in [0, 0.05) is 23.9 Å². The quantitative estimate of drug-likeness (QED) is 0.735. The van der Waals surface area contributed by atoms with Crippen LogP contribution in [0.3, 0.4) is 0 Å². The van der Waals surface area contributed by atoms with Gasteiger partial charge in [0.15, 0.2) is 0 Å². The number of hydrogen-bond acceptors (Lipinski definition) is 3. The first-order valence-corrected chi connectivity index (χ1v) is 5.82. The highest BCUT2D eigenvalue weighted by atomic mass is 35.7. The van der Waals surface area contributed by atoms with Crippen molar-refractivity contribution in [2.45, 2.75) is 4.90 Å². The molecule has 0 aliphatic carbocycles. The van der Waals surface area contributed by atoms with E-state index in [9.17, 15) is 13.2 Å². The number of aryl methyl sites for hydroxylation is 1. The smallest absolute Gasteiger partial charge is 0.268 e. The van der Waals surface area contributed by atoms with Crippen LogP contribution in [0.1, 0.15) is 10.5 Å². The number of hydrogen-bond donors (Lipinski definition) is 0. The fourth-order valence-electron chi connectivity index (χ4n) is 0.863. The van der Waals surface area contributed by atoms with Gasteiger partial charge in [-0.05, 0) is 17.7 Å². The van der Waals surface area contributed by atoms with Gasteiger partial charge in [-0.1, -0.05) is 0 Å². The van der Waals surface area contributed by atoms with Crippen molar-refractivity contribution in [1.29, 1.82) is 0 Å². The summed E-state index contributed by atoms with van der Waals surface area (Å²) >= 11 is 5.17. The van der Waals surface area contributed by atoms with Gasteiger partial charge in [-0.25, -0.2) is 8.42 Å². The van der Waals surface area contributed by atoms with E-state index in [0.717, 1.165) is 6.07 Å². The molecule has 4 nitrogen and oxygen atoms in total. The molecule has 0 fully saturated rings. The average Bonchev–Trinajstić information content (AvgIpc) is 2.29. The minimum absolute atomic E-state index is 0.0842. The molecule has 0 aromatic carbocycles. The molecule has 7 heteroatoms. The number of aromatic nitrogens is 1. The molecule has 0 atom stereocenters. The van der Waals surface area contributed by atoms with Crippen LogP contribution in [-0.4, -0.2) is 18.2 Å². The molecule has 72 valence electrons. The highest BCUT2D eigenvalue weighted by molar-refractivity contribution is 8.13. The number of nitrogens with zero attached hydrogens (tertiary/aromatic N) is 1. The van der Waals surface area contributed by atoms with E-state index in [1.165, 1.54) is 17.8 Å². The summed E-state index contributed by atoms with van der Waals surface area (Å²) in [6, 6.07) is 1.12. The number of rotatable bonds is 2. The molecule has 0 N–H and O–H groups in total. The van der Waals surface area contributed by atoms with Crippen LogP contribution in [0.15, 0.2) is 17.2 Å². The lowest BCUT2D eigenvalue weighted by atomic mass is 10.5. The van der Waals surface area contributed by atoms with E-state index in [-0.39, 0.29) is 10.6 Å². The summed E-state index contributed by atoms with van der Waals surface area (Å²) in [4.78, 5) is 10.6. The first kappa shape index (κ1) is 10.6. The van der Waals surface area contributed by atoms with E-state index in [1.54, 1.807) is 0 Å². The van der Waals surface area contributed by atoms with E-state index in [0.29, 0.717) is 0 Å². The van der Waals surface area contributed by atoms with Gasteiger partial charge in [0.05, 0.1) is 0 Å². The molecule has 0 bridgehead atoms. The van der Waals surface area contributed by atoms with Crippen molar-refractivity contribution in [3.8, 4) is 0 Å². The Hall–Kier alpha value is -0.520. The largest absolute Gasteiger partial charge is 0.346 e. The van der Waals surface area contributed by atoms with Crippen molar-refractivity contribution in [3.05, 3.63) is 18.0 Å². The van der Waals surface area contributed by atoms with Gasteiger partial charge in [-0.2, -0.15) is 0 Å². The molecule has 1 aromatic rings. The summed E-state index contributed by atoms with van der Waals surface area (Å²) in [6.07, 6.45) is 1.22. The van der Waals surface area contributed by atoms with E-state index in [2.05, 4.69) is 0 Å². The van der Waals surface area contributed by atoms with Crippen molar-refractivity contribution in [3.63, 3.8) is 0 Å². The molecule has 0 saturated heterocycles. The van der Waals surface area contributed by atoms with Crippen LogP contribution in [0.5, 0.6) is 0 Å². The van der Waals surface area contributed by atoms with Gasteiger partial charge in [-0.3, -0.25) is 4.79 Å². The third-order valence-electron chi connectivity index (χ3n) is 1.46. The van der Waals surface area contributed by atoms with Crippen LogP contribution in [-0.2, 0) is 16.1 Å². The normalized spacial score (nSPS) is 11.6. The van der Waals surface area contributed by atoms with Crippen LogP contribution in [0.4, 0.5) is 0 Å². The van der Waals surface area contributed by atoms with Crippen molar-refractivity contribution in [2.24, 2.45) is 7.05 Å². The van der Waals surface area contributed by atoms with Gasteiger partial charge >= 0.3 is 0 Å². The Balaban J connectivity index is 3.33. The fourth-order valence-corrected chi connectivity index (χ4v) is 1.84. The van der Waals surface area contributed by atoms with Gasteiger partial charge in [0.25, 0.3) is 14.3 Å². The van der Waals surface area contributed by atoms with Crippen molar-refractivity contribution >= 4 is 36.6 Å². The first-order valence-electron chi connectivity index (χ1n) is 3.13. The Labute approximate surface area is 84.5 Å². The Kier molecular flexibility index (Phi) is 2.70. The maximum absolute atomic E-state index is 10.8. The second kappa shape index (κ2) is 3.32. The van der Waals surface area contributed by atoms with Crippen LogP contribution < -0.4 is 0 Å². The second-order valence-electron chi connectivity index (χ2n) is 2.38.